The van der Waals surface area contributed by atoms with Crippen molar-refractivity contribution in [2.45, 2.75) is 38.5 Å². The summed E-state index contributed by atoms with van der Waals surface area (Å²) >= 11 is 0. The van der Waals surface area contributed by atoms with Crippen molar-refractivity contribution >= 4 is 5.91 Å². The summed E-state index contributed by atoms with van der Waals surface area (Å²) in [7, 11) is 1.95. The second-order valence-electron chi connectivity index (χ2n) is 5.53. The van der Waals surface area contributed by atoms with Crippen LogP contribution in [-0.2, 0) is 4.79 Å². The zero-order chi connectivity index (χ0) is 11.5. The van der Waals surface area contributed by atoms with Crippen molar-refractivity contribution < 1.29 is 4.79 Å². The van der Waals surface area contributed by atoms with E-state index >= 15 is 0 Å². The van der Waals surface area contributed by atoms with Gasteiger partial charge < -0.3 is 10.6 Å². The number of fused-ring (bicyclic) bond motifs is 1. The Bertz CT molecular complexity index is 244. The topological polar surface area (TPSA) is 46.3 Å². The van der Waals surface area contributed by atoms with E-state index < -0.39 is 0 Å². The summed E-state index contributed by atoms with van der Waals surface area (Å²) in [6.45, 7) is 1.67. The molecule has 2 unspecified atom stereocenters. The molecule has 2 rings (SSSR count). The zero-order valence-corrected chi connectivity index (χ0v) is 10.3. The maximum absolute atomic E-state index is 12.1. The number of rotatable bonds is 6. The van der Waals surface area contributed by atoms with Crippen LogP contribution in [0.5, 0.6) is 0 Å². The number of hydrogen-bond acceptors (Lipinski definition) is 2. The summed E-state index contributed by atoms with van der Waals surface area (Å²) < 4.78 is 0. The largest absolute Gasteiger partial charge is 0.346 e. The molecule has 2 atom stereocenters. The molecule has 2 N–H and O–H groups in total. The van der Waals surface area contributed by atoms with Crippen LogP contribution in [0, 0.1) is 17.8 Å². The van der Waals surface area contributed by atoms with E-state index in [1.807, 2.05) is 11.9 Å². The first kappa shape index (κ1) is 11.9. The smallest absolute Gasteiger partial charge is 0.225 e. The number of nitrogens with two attached hydrogens (primary N) is 1. The van der Waals surface area contributed by atoms with E-state index in [-0.39, 0.29) is 0 Å². The molecule has 92 valence electrons. The molecule has 3 heteroatoms. The molecular weight excluding hydrogens is 200 g/mol. The normalized spacial score (nSPS) is 31.2. The summed E-state index contributed by atoms with van der Waals surface area (Å²) in [5.41, 5.74) is 5.44. The number of hydrogen-bond donors (Lipinski definition) is 1. The minimum absolute atomic E-state index is 0.350. The fourth-order valence-corrected chi connectivity index (χ4v) is 3.01. The van der Waals surface area contributed by atoms with Gasteiger partial charge in [-0.25, -0.2) is 0 Å². The lowest BCUT2D eigenvalue weighted by Gasteiger charge is -2.21. The quantitative estimate of drug-likeness (QED) is 0.697. The number of nitrogens with zero attached hydrogens (tertiary/aromatic N) is 1. The van der Waals surface area contributed by atoms with Crippen molar-refractivity contribution in [3.63, 3.8) is 0 Å². The number of amides is 1. The van der Waals surface area contributed by atoms with Gasteiger partial charge >= 0.3 is 0 Å². The zero-order valence-electron chi connectivity index (χ0n) is 10.3. The van der Waals surface area contributed by atoms with Crippen molar-refractivity contribution in [3.8, 4) is 0 Å². The van der Waals surface area contributed by atoms with Gasteiger partial charge in [-0.2, -0.15) is 0 Å². The third kappa shape index (κ3) is 2.76. The van der Waals surface area contributed by atoms with Crippen LogP contribution in [0.2, 0.25) is 0 Å². The molecule has 0 aromatic heterocycles. The van der Waals surface area contributed by atoms with Crippen LogP contribution < -0.4 is 5.73 Å². The van der Waals surface area contributed by atoms with Gasteiger partial charge in [0.1, 0.15) is 0 Å². The Hall–Kier alpha value is -0.570. The first-order valence-corrected chi connectivity index (χ1v) is 6.67. The van der Waals surface area contributed by atoms with Crippen LogP contribution in [-0.4, -0.2) is 30.9 Å². The van der Waals surface area contributed by atoms with E-state index in [4.69, 9.17) is 5.73 Å². The monoisotopic (exact) mass is 224 g/mol. The summed E-state index contributed by atoms with van der Waals surface area (Å²) in [4.78, 5) is 14.0. The first-order valence-electron chi connectivity index (χ1n) is 6.67. The SMILES string of the molecule is CN(CCCCCN)C(=O)C1CC2CC2C1. The first-order chi connectivity index (χ1) is 7.72. The Labute approximate surface area is 98.4 Å². The maximum atomic E-state index is 12.1. The van der Waals surface area contributed by atoms with Gasteiger partial charge in [-0.3, -0.25) is 4.79 Å². The number of carbonyl (C=O) groups excluding carboxylic acids is 1. The highest BCUT2D eigenvalue weighted by molar-refractivity contribution is 5.79. The minimum Gasteiger partial charge on any atom is -0.346 e. The van der Waals surface area contributed by atoms with Gasteiger partial charge in [0.2, 0.25) is 5.91 Å². The molecule has 1 amide bonds. The Morgan fingerprint density at radius 3 is 2.50 bits per heavy atom. The highest BCUT2D eigenvalue weighted by Gasteiger charge is 2.48. The fourth-order valence-electron chi connectivity index (χ4n) is 3.01. The maximum Gasteiger partial charge on any atom is 0.225 e. The Morgan fingerprint density at radius 1 is 1.19 bits per heavy atom. The van der Waals surface area contributed by atoms with E-state index in [2.05, 4.69) is 0 Å². The van der Waals surface area contributed by atoms with Gasteiger partial charge in [0.15, 0.2) is 0 Å². The fraction of sp³-hybridized carbons (Fsp3) is 0.923. The van der Waals surface area contributed by atoms with Crippen LogP contribution in [0.25, 0.3) is 0 Å². The highest BCUT2D eigenvalue weighted by atomic mass is 16.2. The molecular formula is C13H24N2O. The van der Waals surface area contributed by atoms with Crippen molar-refractivity contribution in [2.75, 3.05) is 20.1 Å². The molecule has 0 spiro atoms. The van der Waals surface area contributed by atoms with Crippen LogP contribution in [0.15, 0.2) is 0 Å². The van der Waals surface area contributed by atoms with Gasteiger partial charge in [-0.1, -0.05) is 6.42 Å². The molecule has 0 aromatic rings. The second-order valence-corrected chi connectivity index (χ2v) is 5.53. The van der Waals surface area contributed by atoms with Gasteiger partial charge in [-0.05, 0) is 50.5 Å². The van der Waals surface area contributed by atoms with Gasteiger partial charge in [0.25, 0.3) is 0 Å². The van der Waals surface area contributed by atoms with Crippen LogP contribution in [0.4, 0.5) is 0 Å². The Kier molecular flexibility index (Phi) is 3.85. The van der Waals surface area contributed by atoms with E-state index in [0.717, 1.165) is 57.0 Å². The van der Waals surface area contributed by atoms with Crippen molar-refractivity contribution in [3.05, 3.63) is 0 Å². The minimum atomic E-state index is 0.350. The molecule has 0 radical (unpaired) electrons. The predicted molar refractivity (Wildman–Crippen MR) is 64.9 cm³/mol. The molecule has 0 aromatic carbocycles. The van der Waals surface area contributed by atoms with Gasteiger partial charge in [-0.15, -0.1) is 0 Å². The molecule has 2 saturated carbocycles. The highest BCUT2D eigenvalue weighted by Crippen LogP contribution is 2.54. The summed E-state index contributed by atoms with van der Waals surface area (Å²) in [5, 5.41) is 0. The van der Waals surface area contributed by atoms with Crippen LogP contribution in [0.3, 0.4) is 0 Å². The van der Waals surface area contributed by atoms with Crippen molar-refractivity contribution in [1.29, 1.82) is 0 Å². The molecule has 0 heterocycles. The van der Waals surface area contributed by atoms with Gasteiger partial charge in [0.05, 0.1) is 0 Å². The number of unbranched alkanes of at least 4 members (excludes halogenated alkanes) is 2. The second kappa shape index (κ2) is 5.17. The van der Waals surface area contributed by atoms with Crippen molar-refractivity contribution in [1.82, 2.24) is 4.90 Å². The molecule has 0 bridgehead atoms. The summed E-state index contributed by atoms with van der Waals surface area (Å²) in [5.74, 6) is 2.54. The van der Waals surface area contributed by atoms with E-state index in [9.17, 15) is 4.79 Å². The molecule has 2 fully saturated rings. The standard InChI is InChI=1S/C13H24N2O/c1-15(6-4-2-3-5-14)13(16)12-8-10-7-11(10)9-12/h10-12H,2-9,14H2,1H3. The Balaban J connectivity index is 1.64. The Morgan fingerprint density at radius 2 is 1.88 bits per heavy atom. The molecule has 2 aliphatic rings. The lowest BCUT2D eigenvalue weighted by Crippen LogP contribution is -2.33. The molecule has 0 saturated heterocycles. The molecule has 3 nitrogen and oxygen atoms in total. The van der Waals surface area contributed by atoms with E-state index in [1.165, 1.54) is 6.42 Å². The molecule has 2 aliphatic carbocycles. The van der Waals surface area contributed by atoms with E-state index in [1.54, 1.807) is 0 Å². The van der Waals surface area contributed by atoms with E-state index in [0.29, 0.717) is 11.8 Å². The molecule has 16 heavy (non-hydrogen) atoms. The third-order valence-corrected chi connectivity index (χ3v) is 4.17. The average molecular weight is 224 g/mol. The van der Waals surface area contributed by atoms with Crippen LogP contribution in [0.1, 0.15) is 38.5 Å². The predicted octanol–water partition coefficient (Wildman–Crippen LogP) is 1.62. The number of carbonyl (C=O) groups is 1. The molecule has 0 aliphatic heterocycles. The van der Waals surface area contributed by atoms with Crippen LogP contribution >= 0.6 is 0 Å². The average Bonchev–Trinajstić information content (AvgIpc) is 2.90. The summed E-state index contributed by atoms with van der Waals surface area (Å²) in [6, 6.07) is 0. The van der Waals surface area contributed by atoms with Gasteiger partial charge in [0, 0.05) is 19.5 Å². The third-order valence-electron chi connectivity index (χ3n) is 4.17. The lowest BCUT2D eigenvalue weighted by atomic mass is 10.0. The summed E-state index contributed by atoms with van der Waals surface area (Å²) in [6.07, 6.45) is 7.04. The lowest BCUT2D eigenvalue weighted by molar-refractivity contribution is -0.134. The van der Waals surface area contributed by atoms with Crippen molar-refractivity contribution in [2.24, 2.45) is 23.5 Å².